The number of hydrogen-bond acceptors (Lipinski definition) is 2. The first-order valence-corrected chi connectivity index (χ1v) is 7.43. The summed E-state index contributed by atoms with van der Waals surface area (Å²) in [5.41, 5.74) is 0. The topological polar surface area (TPSA) is 46.2 Å². The fourth-order valence-corrected chi connectivity index (χ4v) is 3.29. The smallest absolute Gasteiger partial charge is 0.211 e. The van der Waals surface area contributed by atoms with E-state index in [1.54, 1.807) is 0 Å². The molecule has 0 bridgehead atoms. The van der Waals surface area contributed by atoms with Gasteiger partial charge in [-0.2, -0.15) is 0 Å². The van der Waals surface area contributed by atoms with Crippen molar-refractivity contribution in [3.63, 3.8) is 0 Å². The number of halogens is 1. The van der Waals surface area contributed by atoms with Crippen LogP contribution in [-0.2, 0) is 10.0 Å². The van der Waals surface area contributed by atoms with Crippen molar-refractivity contribution in [2.24, 2.45) is 11.8 Å². The monoisotopic (exact) mass is 255 g/mol. The average molecular weight is 256 g/mol. The maximum absolute atomic E-state index is 11.5. The molecule has 1 atom stereocenters. The first-order chi connectivity index (χ1) is 6.73. The maximum Gasteiger partial charge on any atom is 0.211 e. The molecule has 0 aliphatic heterocycles. The first kappa shape index (κ1) is 15.2. The summed E-state index contributed by atoms with van der Waals surface area (Å²) < 4.78 is 25.5. The molecule has 15 heavy (non-hydrogen) atoms. The molecule has 0 saturated heterocycles. The van der Waals surface area contributed by atoms with Gasteiger partial charge >= 0.3 is 0 Å². The summed E-state index contributed by atoms with van der Waals surface area (Å²) in [6.45, 7) is 8.22. The fourth-order valence-electron chi connectivity index (χ4n) is 1.31. The second-order valence-electron chi connectivity index (χ2n) is 4.75. The third kappa shape index (κ3) is 9.15. The van der Waals surface area contributed by atoms with E-state index < -0.39 is 10.0 Å². The maximum atomic E-state index is 11.5. The zero-order valence-electron chi connectivity index (χ0n) is 9.96. The van der Waals surface area contributed by atoms with Gasteiger partial charge in [0.1, 0.15) is 0 Å². The Kier molecular flexibility index (Phi) is 6.80. The van der Waals surface area contributed by atoms with E-state index in [0.29, 0.717) is 12.5 Å². The van der Waals surface area contributed by atoms with Crippen molar-refractivity contribution in [2.45, 2.75) is 39.5 Å². The SMILES string of the molecule is CC(C)CC(Cl)CNS(=O)(=O)CC(C)C. The van der Waals surface area contributed by atoms with Gasteiger partial charge in [-0.1, -0.05) is 27.7 Å². The second-order valence-corrected chi connectivity index (χ2v) is 7.22. The Bertz CT molecular complexity index is 263. The van der Waals surface area contributed by atoms with E-state index in [2.05, 4.69) is 18.6 Å². The summed E-state index contributed by atoms with van der Waals surface area (Å²) in [4.78, 5) is 0. The van der Waals surface area contributed by atoms with Crippen molar-refractivity contribution in [1.29, 1.82) is 0 Å². The Labute approximate surface area is 98.6 Å². The van der Waals surface area contributed by atoms with Gasteiger partial charge in [-0.05, 0) is 18.3 Å². The molecule has 0 fully saturated rings. The molecule has 0 radical (unpaired) electrons. The van der Waals surface area contributed by atoms with Crippen molar-refractivity contribution in [1.82, 2.24) is 4.72 Å². The second kappa shape index (κ2) is 6.71. The van der Waals surface area contributed by atoms with Gasteiger partial charge in [0.25, 0.3) is 0 Å². The molecular formula is C10H22ClNO2S. The van der Waals surface area contributed by atoms with E-state index in [1.165, 1.54) is 0 Å². The normalized spacial score (nSPS) is 14.9. The molecule has 0 amide bonds. The van der Waals surface area contributed by atoms with Crippen LogP contribution in [0.25, 0.3) is 0 Å². The Hall–Kier alpha value is 0.200. The van der Waals surface area contributed by atoms with Crippen molar-refractivity contribution < 1.29 is 8.42 Å². The van der Waals surface area contributed by atoms with Crippen LogP contribution >= 0.6 is 11.6 Å². The van der Waals surface area contributed by atoms with Gasteiger partial charge in [0, 0.05) is 11.9 Å². The van der Waals surface area contributed by atoms with Crippen molar-refractivity contribution in [3.8, 4) is 0 Å². The Morgan fingerprint density at radius 3 is 2.07 bits per heavy atom. The van der Waals surface area contributed by atoms with E-state index >= 15 is 0 Å². The molecule has 0 aromatic rings. The highest BCUT2D eigenvalue weighted by Gasteiger charge is 2.15. The van der Waals surface area contributed by atoms with Crippen molar-refractivity contribution >= 4 is 21.6 Å². The third-order valence-corrected chi connectivity index (χ3v) is 3.85. The molecule has 0 aromatic heterocycles. The van der Waals surface area contributed by atoms with Crippen LogP contribution < -0.4 is 4.72 Å². The average Bonchev–Trinajstić information content (AvgIpc) is 1.97. The third-order valence-electron chi connectivity index (χ3n) is 1.80. The van der Waals surface area contributed by atoms with E-state index in [-0.39, 0.29) is 17.0 Å². The summed E-state index contributed by atoms with van der Waals surface area (Å²) in [5, 5.41) is -0.119. The Morgan fingerprint density at radius 2 is 1.67 bits per heavy atom. The molecule has 1 unspecified atom stereocenters. The number of rotatable bonds is 7. The van der Waals surface area contributed by atoms with Gasteiger partial charge in [-0.25, -0.2) is 13.1 Å². The highest BCUT2D eigenvalue weighted by Crippen LogP contribution is 2.10. The molecule has 0 spiro atoms. The molecule has 0 aliphatic carbocycles. The lowest BCUT2D eigenvalue weighted by molar-refractivity contribution is 0.539. The van der Waals surface area contributed by atoms with Crippen LogP contribution in [0.2, 0.25) is 0 Å². The Balaban J connectivity index is 3.93. The van der Waals surface area contributed by atoms with E-state index in [1.807, 2.05) is 13.8 Å². The molecule has 5 heteroatoms. The number of hydrogen-bond donors (Lipinski definition) is 1. The van der Waals surface area contributed by atoms with Crippen LogP contribution in [0.1, 0.15) is 34.1 Å². The summed E-state index contributed by atoms with van der Waals surface area (Å²) in [6, 6.07) is 0. The van der Waals surface area contributed by atoms with Gasteiger partial charge in [-0.15, -0.1) is 11.6 Å². The van der Waals surface area contributed by atoms with Crippen LogP contribution in [0.4, 0.5) is 0 Å². The molecule has 0 aromatic carbocycles. The fraction of sp³-hybridized carbons (Fsp3) is 1.00. The lowest BCUT2D eigenvalue weighted by Crippen LogP contribution is -2.33. The predicted molar refractivity (Wildman–Crippen MR) is 65.7 cm³/mol. The first-order valence-electron chi connectivity index (χ1n) is 5.34. The van der Waals surface area contributed by atoms with Crippen LogP contribution in [0.3, 0.4) is 0 Å². The van der Waals surface area contributed by atoms with Crippen LogP contribution in [0, 0.1) is 11.8 Å². The van der Waals surface area contributed by atoms with Crippen LogP contribution in [0.15, 0.2) is 0 Å². The van der Waals surface area contributed by atoms with E-state index in [4.69, 9.17) is 11.6 Å². The van der Waals surface area contributed by atoms with Crippen molar-refractivity contribution in [2.75, 3.05) is 12.3 Å². The highest BCUT2D eigenvalue weighted by atomic mass is 35.5. The molecule has 0 aliphatic rings. The van der Waals surface area contributed by atoms with Crippen LogP contribution in [0.5, 0.6) is 0 Å². The molecule has 0 heterocycles. The van der Waals surface area contributed by atoms with E-state index in [0.717, 1.165) is 6.42 Å². The quantitative estimate of drug-likeness (QED) is 0.709. The lowest BCUT2D eigenvalue weighted by Gasteiger charge is -2.14. The molecule has 0 rings (SSSR count). The summed E-state index contributed by atoms with van der Waals surface area (Å²) in [7, 11) is -3.15. The zero-order valence-corrected chi connectivity index (χ0v) is 11.5. The largest absolute Gasteiger partial charge is 0.214 e. The number of alkyl halides is 1. The van der Waals surface area contributed by atoms with Gasteiger partial charge < -0.3 is 0 Å². The van der Waals surface area contributed by atoms with Gasteiger partial charge in [0.15, 0.2) is 0 Å². The van der Waals surface area contributed by atoms with Crippen LogP contribution in [-0.4, -0.2) is 26.1 Å². The summed E-state index contributed by atoms with van der Waals surface area (Å²) >= 11 is 5.99. The Morgan fingerprint density at radius 1 is 1.13 bits per heavy atom. The summed E-state index contributed by atoms with van der Waals surface area (Å²) in [5.74, 6) is 0.793. The minimum absolute atomic E-state index is 0.119. The lowest BCUT2D eigenvalue weighted by atomic mass is 10.1. The molecule has 0 saturated carbocycles. The zero-order chi connectivity index (χ0) is 12.1. The minimum atomic E-state index is -3.15. The van der Waals surface area contributed by atoms with Crippen molar-refractivity contribution in [3.05, 3.63) is 0 Å². The predicted octanol–water partition coefficient (Wildman–Crippen LogP) is 2.22. The highest BCUT2D eigenvalue weighted by molar-refractivity contribution is 7.89. The van der Waals surface area contributed by atoms with Gasteiger partial charge in [-0.3, -0.25) is 0 Å². The van der Waals surface area contributed by atoms with Gasteiger partial charge in [0.2, 0.25) is 10.0 Å². The molecule has 1 N–H and O–H groups in total. The standard InChI is InChI=1S/C10H22ClNO2S/c1-8(2)5-10(11)6-12-15(13,14)7-9(3)4/h8-10,12H,5-7H2,1-4H3. The minimum Gasteiger partial charge on any atom is -0.214 e. The van der Waals surface area contributed by atoms with Gasteiger partial charge in [0.05, 0.1) is 5.75 Å². The molecular weight excluding hydrogens is 234 g/mol. The summed E-state index contributed by atoms with van der Waals surface area (Å²) in [6.07, 6.45) is 0.825. The molecule has 3 nitrogen and oxygen atoms in total. The molecule has 92 valence electrons. The number of sulfonamides is 1. The van der Waals surface area contributed by atoms with E-state index in [9.17, 15) is 8.42 Å². The number of nitrogens with one attached hydrogen (secondary N) is 1.